The second-order valence-corrected chi connectivity index (χ2v) is 12.0. The van der Waals surface area contributed by atoms with Crippen molar-refractivity contribution in [2.24, 2.45) is 17.3 Å². The van der Waals surface area contributed by atoms with Gasteiger partial charge in [0.15, 0.2) is 0 Å². The molecule has 206 valence electrons. The third-order valence-corrected chi connectivity index (χ3v) is 8.55. The van der Waals surface area contributed by atoms with Crippen LogP contribution < -0.4 is 9.64 Å². The van der Waals surface area contributed by atoms with Crippen molar-refractivity contribution in [3.8, 4) is 5.75 Å². The van der Waals surface area contributed by atoms with Crippen LogP contribution in [-0.4, -0.2) is 36.9 Å². The minimum atomic E-state index is -0.407. The Hall–Kier alpha value is -2.50. The van der Waals surface area contributed by atoms with Gasteiger partial charge in [0, 0.05) is 18.1 Å². The lowest BCUT2D eigenvalue weighted by Gasteiger charge is -2.52. The summed E-state index contributed by atoms with van der Waals surface area (Å²) in [6, 6.07) is 11.6. The quantitative estimate of drug-likeness (QED) is 0.283. The topological polar surface area (TPSA) is 59.0 Å². The van der Waals surface area contributed by atoms with Crippen LogP contribution in [0.5, 0.6) is 5.75 Å². The first-order chi connectivity index (χ1) is 18.2. The van der Waals surface area contributed by atoms with Gasteiger partial charge in [-0.25, -0.2) is 4.79 Å². The number of ether oxygens (including phenoxy) is 2. The van der Waals surface area contributed by atoms with Crippen LogP contribution in [0.1, 0.15) is 74.4 Å². The fourth-order valence-electron chi connectivity index (χ4n) is 5.63. The van der Waals surface area contributed by atoms with Crippen LogP contribution in [0.15, 0.2) is 49.1 Å². The van der Waals surface area contributed by atoms with Crippen molar-refractivity contribution in [2.45, 2.75) is 72.0 Å². The van der Waals surface area contributed by atoms with Gasteiger partial charge in [-0.15, -0.1) is 6.58 Å². The van der Waals surface area contributed by atoms with E-state index < -0.39 is 6.10 Å². The molecular formula is C32H42ClNO4. The lowest BCUT2D eigenvalue weighted by molar-refractivity contribution is -0.0693. The van der Waals surface area contributed by atoms with Crippen LogP contribution in [0, 0.1) is 17.3 Å². The molecule has 0 radical (unpaired) electrons. The van der Waals surface area contributed by atoms with Gasteiger partial charge in [0.1, 0.15) is 12.4 Å². The number of anilines is 1. The second kappa shape index (κ2) is 12.6. The van der Waals surface area contributed by atoms with E-state index in [1.54, 1.807) is 12.1 Å². The molecule has 2 aliphatic rings. The molecule has 1 aliphatic carbocycles. The Bertz CT molecular complexity index is 1130. The zero-order valence-electron chi connectivity index (χ0n) is 23.0. The van der Waals surface area contributed by atoms with Gasteiger partial charge in [0.2, 0.25) is 0 Å². The molecule has 0 amide bonds. The summed E-state index contributed by atoms with van der Waals surface area (Å²) in [7, 11) is 0. The average Bonchev–Trinajstić information content (AvgIpc) is 2.92. The van der Waals surface area contributed by atoms with E-state index in [1.807, 2.05) is 44.2 Å². The predicted molar refractivity (Wildman–Crippen MR) is 154 cm³/mol. The van der Waals surface area contributed by atoms with Crippen molar-refractivity contribution in [1.82, 2.24) is 0 Å². The molecule has 1 fully saturated rings. The number of rotatable bonds is 8. The smallest absolute Gasteiger partial charge is 0.338 e. The molecule has 0 aromatic heterocycles. The van der Waals surface area contributed by atoms with Crippen LogP contribution in [0.2, 0.25) is 5.02 Å². The second-order valence-electron chi connectivity index (χ2n) is 11.6. The van der Waals surface area contributed by atoms with E-state index in [0.29, 0.717) is 31.1 Å². The molecule has 0 bridgehead atoms. The summed E-state index contributed by atoms with van der Waals surface area (Å²) in [6.45, 7) is 12.5. The minimum Gasteiger partial charge on any atom is -0.487 e. The number of aryl methyl sites for hydroxylation is 1. The zero-order chi connectivity index (χ0) is 27.3. The number of hydrogen-bond acceptors (Lipinski definition) is 5. The molecule has 6 heteroatoms. The molecule has 3 atom stereocenters. The molecule has 1 N–H and O–H groups in total. The molecule has 5 nitrogen and oxygen atoms in total. The van der Waals surface area contributed by atoms with Gasteiger partial charge in [-0.3, -0.25) is 0 Å². The first-order valence-electron chi connectivity index (χ1n) is 14.0. The van der Waals surface area contributed by atoms with E-state index in [1.165, 1.54) is 5.56 Å². The van der Waals surface area contributed by atoms with Crippen molar-refractivity contribution < 1.29 is 19.4 Å². The molecule has 2 aromatic rings. The highest BCUT2D eigenvalue weighted by atomic mass is 35.5. The minimum absolute atomic E-state index is 0.151. The van der Waals surface area contributed by atoms with E-state index in [9.17, 15) is 9.90 Å². The fraction of sp³-hybridized carbons (Fsp3) is 0.531. The lowest BCUT2D eigenvalue weighted by atomic mass is 9.57. The van der Waals surface area contributed by atoms with Crippen LogP contribution in [0.4, 0.5) is 5.69 Å². The number of benzene rings is 2. The summed E-state index contributed by atoms with van der Waals surface area (Å²) in [5, 5.41) is 11.6. The molecule has 1 aliphatic heterocycles. The summed E-state index contributed by atoms with van der Waals surface area (Å²) in [5.74, 6) is 1.04. The van der Waals surface area contributed by atoms with E-state index in [4.69, 9.17) is 21.1 Å². The Morgan fingerprint density at radius 2 is 2.08 bits per heavy atom. The maximum Gasteiger partial charge on any atom is 0.338 e. The van der Waals surface area contributed by atoms with Gasteiger partial charge in [0.25, 0.3) is 0 Å². The maximum absolute atomic E-state index is 12.9. The van der Waals surface area contributed by atoms with Gasteiger partial charge in [-0.05, 0) is 97.2 Å². The summed E-state index contributed by atoms with van der Waals surface area (Å²) in [6.07, 6.45) is 7.02. The Balaban J connectivity index is 1.66. The summed E-state index contributed by atoms with van der Waals surface area (Å²) in [5.41, 5.74) is 3.65. The van der Waals surface area contributed by atoms with E-state index in [0.717, 1.165) is 67.2 Å². The van der Waals surface area contributed by atoms with Gasteiger partial charge >= 0.3 is 5.97 Å². The van der Waals surface area contributed by atoms with Crippen molar-refractivity contribution in [1.29, 1.82) is 0 Å². The summed E-state index contributed by atoms with van der Waals surface area (Å²) >= 11 is 6.31. The van der Waals surface area contributed by atoms with Crippen LogP contribution in [0.25, 0.3) is 0 Å². The first kappa shape index (κ1) is 28.5. The first-order valence-corrected chi connectivity index (χ1v) is 14.3. The van der Waals surface area contributed by atoms with Crippen molar-refractivity contribution in [3.05, 3.63) is 70.8 Å². The Morgan fingerprint density at radius 3 is 2.79 bits per heavy atom. The number of carbonyl (C=O) groups excluding carboxylic acids is 1. The lowest BCUT2D eigenvalue weighted by Crippen LogP contribution is -2.51. The highest BCUT2D eigenvalue weighted by molar-refractivity contribution is 6.30. The number of hydrogen-bond donors (Lipinski definition) is 1. The largest absolute Gasteiger partial charge is 0.487 e. The highest BCUT2D eigenvalue weighted by Crippen LogP contribution is 2.51. The average molecular weight is 540 g/mol. The predicted octanol–water partition coefficient (Wildman–Crippen LogP) is 7.23. The molecule has 0 spiro atoms. The molecule has 0 unspecified atom stereocenters. The maximum atomic E-state index is 12.9. The molecule has 38 heavy (non-hydrogen) atoms. The van der Waals surface area contributed by atoms with Gasteiger partial charge in [-0.2, -0.15) is 0 Å². The fourth-order valence-corrected chi connectivity index (χ4v) is 5.82. The van der Waals surface area contributed by atoms with Crippen molar-refractivity contribution in [2.75, 3.05) is 24.6 Å². The molecule has 1 heterocycles. The van der Waals surface area contributed by atoms with Crippen molar-refractivity contribution in [3.63, 3.8) is 0 Å². The number of fused-ring (bicyclic) bond motifs is 2. The van der Waals surface area contributed by atoms with Crippen molar-refractivity contribution >= 4 is 23.3 Å². The Kier molecular flexibility index (Phi) is 9.43. The number of esters is 1. The van der Waals surface area contributed by atoms with E-state index in [2.05, 4.69) is 18.4 Å². The number of aliphatic hydroxyl groups is 1. The van der Waals surface area contributed by atoms with Gasteiger partial charge in [0.05, 0.1) is 24.0 Å². The highest BCUT2D eigenvalue weighted by Gasteiger charge is 2.48. The molecule has 0 saturated heterocycles. The molecule has 2 aromatic carbocycles. The third kappa shape index (κ3) is 6.55. The third-order valence-electron chi connectivity index (χ3n) is 8.31. The molecular weight excluding hydrogens is 498 g/mol. The van der Waals surface area contributed by atoms with Gasteiger partial charge < -0.3 is 19.5 Å². The normalized spacial score (nSPS) is 22.3. The molecule has 1 saturated carbocycles. The summed E-state index contributed by atoms with van der Waals surface area (Å²) in [4.78, 5) is 15.2. The van der Waals surface area contributed by atoms with Crippen LogP contribution >= 0.6 is 11.6 Å². The number of nitrogens with zero attached hydrogens (tertiary/aromatic N) is 1. The standard InChI is InChI=1S/C32H42ClNO4/c1-5-8-30(35)32(4)15-14-26(32)19-34-16-7-6-9-23-17-27(33)12-10-25(23)21-37-29-13-11-24(18-28(29)34)31(36)38-20-22(2)3/h5,10-13,17-18,22,26,30,35H,1,6-9,14-16,19-21H2,2-4H3/t26-,30+,32-/m0/s1. The number of halogens is 1. The number of carbonyl (C=O) groups is 1. The van der Waals surface area contributed by atoms with Crippen LogP contribution in [0.3, 0.4) is 0 Å². The Morgan fingerprint density at radius 1 is 1.26 bits per heavy atom. The summed E-state index contributed by atoms with van der Waals surface area (Å²) < 4.78 is 12.0. The molecule has 4 rings (SSSR count). The van der Waals surface area contributed by atoms with E-state index in [-0.39, 0.29) is 17.3 Å². The van der Waals surface area contributed by atoms with E-state index >= 15 is 0 Å². The number of aliphatic hydroxyl groups excluding tert-OH is 1. The SMILES string of the molecule is C=CC[C@@H](O)[C@@]1(C)CC[C@H]1CN1CCCCc2cc(Cl)ccc2COc2ccc(C(=O)OCC(C)C)cc21. The van der Waals surface area contributed by atoms with Crippen LogP contribution in [-0.2, 0) is 17.8 Å². The monoisotopic (exact) mass is 539 g/mol. The zero-order valence-corrected chi connectivity index (χ0v) is 23.8. The Labute approximate surface area is 232 Å². The van der Waals surface area contributed by atoms with Gasteiger partial charge in [-0.1, -0.05) is 44.5 Å².